The van der Waals surface area contributed by atoms with Gasteiger partial charge in [-0.3, -0.25) is 9.59 Å². The average Bonchev–Trinajstić information content (AvgIpc) is 2.04. The molecule has 1 aromatic rings. The Morgan fingerprint density at radius 3 is 1.83 bits per heavy atom. The van der Waals surface area contributed by atoms with E-state index in [1.807, 2.05) is 0 Å². The molecule has 0 aliphatic carbocycles. The lowest BCUT2D eigenvalue weighted by atomic mass is 10.1. The molecule has 0 saturated heterocycles. The van der Waals surface area contributed by atoms with E-state index < -0.39 is 5.24 Å². The number of Topliss-reactive ketones (excluding diaryl/α,β-unsaturated/α-hetero) is 1. The van der Waals surface area contributed by atoms with Gasteiger partial charge in [0.15, 0.2) is 5.78 Å². The maximum atomic E-state index is 10.8. The third-order valence-corrected chi connectivity index (χ3v) is 1.74. The minimum atomic E-state index is -0.509. The number of carbonyl (C=O) groups excluding carboxylic acids is 2. The van der Waals surface area contributed by atoms with Crippen LogP contribution < -0.4 is 0 Å². The first-order chi connectivity index (χ1) is 5.61. The molecule has 0 aliphatic rings. The van der Waals surface area contributed by atoms with Crippen LogP contribution in [0, 0.1) is 0 Å². The second kappa shape index (κ2) is 3.50. The monoisotopic (exact) mass is 182 g/mol. The predicted molar refractivity (Wildman–Crippen MR) is 46.6 cm³/mol. The van der Waals surface area contributed by atoms with Crippen LogP contribution in [0.3, 0.4) is 0 Å². The highest BCUT2D eigenvalue weighted by Gasteiger charge is 2.02. The third kappa shape index (κ3) is 1.92. The van der Waals surface area contributed by atoms with Crippen LogP contribution in [0.5, 0.6) is 0 Å². The highest BCUT2D eigenvalue weighted by atomic mass is 35.5. The van der Waals surface area contributed by atoms with Crippen molar-refractivity contribution in [1.82, 2.24) is 0 Å². The van der Waals surface area contributed by atoms with E-state index in [0.29, 0.717) is 11.1 Å². The summed E-state index contributed by atoms with van der Waals surface area (Å²) in [6.45, 7) is 1.47. The van der Waals surface area contributed by atoms with Gasteiger partial charge in [0, 0.05) is 11.1 Å². The lowest BCUT2D eigenvalue weighted by Crippen LogP contribution is -1.93. The first-order valence-corrected chi connectivity index (χ1v) is 3.80. The van der Waals surface area contributed by atoms with Crippen LogP contribution in [0.15, 0.2) is 24.3 Å². The van der Waals surface area contributed by atoms with Crippen molar-refractivity contribution >= 4 is 22.6 Å². The number of hydrogen-bond donors (Lipinski definition) is 0. The number of carbonyl (C=O) groups is 2. The van der Waals surface area contributed by atoms with E-state index in [1.165, 1.54) is 19.1 Å². The maximum Gasteiger partial charge on any atom is 0.252 e. The SMILES string of the molecule is CC(=O)c1ccc(C(=O)Cl)cc1. The minimum absolute atomic E-state index is 0.0245. The molecule has 0 fully saturated rings. The van der Waals surface area contributed by atoms with Gasteiger partial charge in [-0.05, 0) is 30.7 Å². The lowest BCUT2D eigenvalue weighted by Gasteiger charge is -1.95. The largest absolute Gasteiger partial charge is 0.295 e. The van der Waals surface area contributed by atoms with Crippen molar-refractivity contribution in [3.05, 3.63) is 35.4 Å². The van der Waals surface area contributed by atoms with Crippen LogP contribution in [-0.2, 0) is 0 Å². The van der Waals surface area contributed by atoms with Crippen molar-refractivity contribution in [2.45, 2.75) is 6.92 Å². The van der Waals surface area contributed by atoms with Crippen LogP contribution in [-0.4, -0.2) is 11.0 Å². The summed E-state index contributed by atoms with van der Waals surface area (Å²) in [5.74, 6) is -0.0245. The number of halogens is 1. The van der Waals surface area contributed by atoms with Gasteiger partial charge in [-0.25, -0.2) is 0 Å². The van der Waals surface area contributed by atoms with E-state index in [-0.39, 0.29) is 5.78 Å². The zero-order valence-electron chi connectivity index (χ0n) is 6.50. The van der Waals surface area contributed by atoms with Gasteiger partial charge in [0.25, 0.3) is 5.24 Å². The first kappa shape index (κ1) is 8.94. The first-order valence-electron chi connectivity index (χ1n) is 3.42. The van der Waals surface area contributed by atoms with Gasteiger partial charge in [0.05, 0.1) is 0 Å². The lowest BCUT2D eigenvalue weighted by molar-refractivity contribution is 0.101. The van der Waals surface area contributed by atoms with Crippen LogP contribution in [0.25, 0.3) is 0 Å². The quantitative estimate of drug-likeness (QED) is 0.520. The molecule has 2 nitrogen and oxygen atoms in total. The summed E-state index contributed by atoms with van der Waals surface area (Å²) >= 11 is 5.21. The van der Waals surface area contributed by atoms with Gasteiger partial charge in [0.2, 0.25) is 0 Å². The van der Waals surface area contributed by atoms with Crippen molar-refractivity contribution in [1.29, 1.82) is 0 Å². The Labute approximate surface area is 75.2 Å². The molecule has 0 aliphatic heterocycles. The Balaban J connectivity index is 3.01. The number of hydrogen-bond acceptors (Lipinski definition) is 2. The Bertz CT molecular complexity index is 281. The van der Waals surface area contributed by atoms with Gasteiger partial charge in [-0.15, -0.1) is 0 Å². The standard InChI is InChI=1S/C9H7ClO2/c1-6(11)7-2-4-8(5-3-7)9(10)12/h2-5H,1H3. The molecule has 0 saturated carbocycles. The highest BCUT2D eigenvalue weighted by Crippen LogP contribution is 2.07. The Kier molecular flexibility index (Phi) is 2.61. The molecule has 0 atom stereocenters. The topological polar surface area (TPSA) is 34.1 Å². The van der Waals surface area contributed by atoms with E-state index in [4.69, 9.17) is 11.6 Å². The van der Waals surface area contributed by atoms with E-state index in [2.05, 4.69) is 0 Å². The van der Waals surface area contributed by atoms with Crippen LogP contribution in [0.2, 0.25) is 0 Å². The summed E-state index contributed by atoms with van der Waals surface area (Å²) in [4.78, 5) is 21.4. The molecule has 3 heteroatoms. The average molecular weight is 183 g/mol. The summed E-state index contributed by atoms with van der Waals surface area (Å²) < 4.78 is 0. The fourth-order valence-corrected chi connectivity index (χ4v) is 0.962. The summed E-state index contributed by atoms with van der Waals surface area (Å²) in [7, 11) is 0. The van der Waals surface area contributed by atoms with Gasteiger partial charge in [-0.1, -0.05) is 12.1 Å². The second-order valence-electron chi connectivity index (χ2n) is 2.41. The molecule has 0 radical (unpaired) electrons. The highest BCUT2D eigenvalue weighted by molar-refractivity contribution is 6.67. The minimum Gasteiger partial charge on any atom is -0.295 e. The van der Waals surface area contributed by atoms with Crippen molar-refractivity contribution in [2.75, 3.05) is 0 Å². The Hall–Kier alpha value is -1.15. The van der Waals surface area contributed by atoms with Gasteiger partial charge in [-0.2, -0.15) is 0 Å². The van der Waals surface area contributed by atoms with Crippen LogP contribution in [0.4, 0.5) is 0 Å². The van der Waals surface area contributed by atoms with Crippen molar-refractivity contribution in [3.8, 4) is 0 Å². The summed E-state index contributed by atoms with van der Waals surface area (Å²) in [6, 6.07) is 6.23. The van der Waals surface area contributed by atoms with E-state index in [9.17, 15) is 9.59 Å². The van der Waals surface area contributed by atoms with Gasteiger partial charge >= 0.3 is 0 Å². The molecule has 0 spiro atoms. The van der Waals surface area contributed by atoms with Crippen LogP contribution in [0.1, 0.15) is 27.6 Å². The predicted octanol–water partition coefficient (Wildman–Crippen LogP) is 2.27. The zero-order chi connectivity index (χ0) is 9.14. The Morgan fingerprint density at radius 1 is 1.08 bits per heavy atom. The molecule has 12 heavy (non-hydrogen) atoms. The molecular formula is C9H7ClO2. The molecule has 62 valence electrons. The fourth-order valence-electron chi connectivity index (χ4n) is 0.836. The molecule has 0 amide bonds. The molecule has 0 aromatic heterocycles. The number of rotatable bonds is 2. The van der Waals surface area contributed by atoms with Gasteiger partial charge < -0.3 is 0 Å². The zero-order valence-corrected chi connectivity index (χ0v) is 7.26. The second-order valence-corrected chi connectivity index (χ2v) is 2.75. The van der Waals surface area contributed by atoms with Crippen molar-refractivity contribution in [3.63, 3.8) is 0 Å². The summed E-state index contributed by atoms with van der Waals surface area (Å²) in [6.07, 6.45) is 0. The summed E-state index contributed by atoms with van der Waals surface area (Å²) in [5.41, 5.74) is 0.985. The molecule has 0 unspecified atom stereocenters. The third-order valence-electron chi connectivity index (χ3n) is 1.52. The summed E-state index contributed by atoms with van der Waals surface area (Å²) in [5, 5.41) is -0.509. The van der Waals surface area contributed by atoms with E-state index in [0.717, 1.165) is 0 Å². The molecule has 1 aromatic carbocycles. The van der Waals surface area contributed by atoms with Crippen molar-refractivity contribution in [2.24, 2.45) is 0 Å². The van der Waals surface area contributed by atoms with Gasteiger partial charge in [0.1, 0.15) is 0 Å². The number of benzene rings is 1. The van der Waals surface area contributed by atoms with E-state index >= 15 is 0 Å². The van der Waals surface area contributed by atoms with Crippen molar-refractivity contribution < 1.29 is 9.59 Å². The maximum absolute atomic E-state index is 10.8. The fraction of sp³-hybridized carbons (Fsp3) is 0.111. The smallest absolute Gasteiger partial charge is 0.252 e. The molecule has 0 heterocycles. The molecule has 0 bridgehead atoms. The normalized spacial score (nSPS) is 9.50. The molecule has 0 N–H and O–H groups in total. The Morgan fingerprint density at radius 2 is 1.50 bits per heavy atom. The van der Waals surface area contributed by atoms with E-state index in [1.54, 1.807) is 12.1 Å². The molecule has 1 rings (SSSR count). The van der Waals surface area contributed by atoms with Crippen LogP contribution >= 0.6 is 11.6 Å². The molecular weight excluding hydrogens is 176 g/mol. The number of ketones is 1.